The van der Waals surface area contributed by atoms with Crippen molar-refractivity contribution in [2.24, 2.45) is 11.8 Å². The molecule has 150 valence electrons. The summed E-state index contributed by atoms with van der Waals surface area (Å²) in [6.45, 7) is 6.32. The lowest BCUT2D eigenvalue weighted by molar-refractivity contribution is 0.352. The molecule has 0 saturated carbocycles. The minimum absolute atomic E-state index is 0.107. The van der Waals surface area contributed by atoms with Crippen molar-refractivity contribution in [1.29, 1.82) is 0 Å². The van der Waals surface area contributed by atoms with Crippen molar-refractivity contribution in [3.05, 3.63) is 53.5 Å². The van der Waals surface area contributed by atoms with Gasteiger partial charge in [0.05, 0.1) is 12.3 Å². The van der Waals surface area contributed by atoms with Crippen molar-refractivity contribution in [3.63, 3.8) is 0 Å². The van der Waals surface area contributed by atoms with Crippen LogP contribution in [0.15, 0.2) is 36.4 Å². The number of aromatic nitrogens is 2. The summed E-state index contributed by atoms with van der Waals surface area (Å²) in [5.74, 6) is 2.35. The minimum atomic E-state index is -3.26. The molecule has 0 amide bonds. The Kier molecular flexibility index (Phi) is 5.14. The van der Waals surface area contributed by atoms with E-state index in [9.17, 15) is 8.42 Å². The third kappa shape index (κ3) is 3.65. The number of aryl methyl sites for hydroxylation is 2. The van der Waals surface area contributed by atoms with Gasteiger partial charge >= 0.3 is 0 Å². The number of nitrogens with zero attached hydrogens (tertiary/aromatic N) is 4. The lowest BCUT2D eigenvalue weighted by Crippen LogP contribution is -2.35. The zero-order chi connectivity index (χ0) is 19.9. The molecule has 2 aromatic rings. The second-order valence-electron chi connectivity index (χ2n) is 8.03. The predicted octanol–water partition coefficient (Wildman–Crippen LogP) is 2.81. The largest absolute Gasteiger partial charge is 0.356 e. The molecule has 0 bridgehead atoms. The van der Waals surface area contributed by atoms with Crippen LogP contribution in [0.4, 0.5) is 5.82 Å². The normalized spacial score (nSPS) is 25.2. The van der Waals surface area contributed by atoms with Crippen molar-refractivity contribution in [1.82, 2.24) is 14.3 Å². The number of sulfonamides is 1. The summed E-state index contributed by atoms with van der Waals surface area (Å²) in [5.41, 5.74) is 2.16. The van der Waals surface area contributed by atoms with E-state index in [0.29, 0.717) is 12.5 Å². The molecule has 2 saturated heterocycles. The van der Waals surface area contributed by atoms with Crippen LogP contribution < -0.4 is 4.90 Å². The molecule has 3 atom stereocenters. The predicted molar refractivity (Wildman–Crippen MR) is 111 cm³/mol. The van der Waals surface area contributed by atoms with Crippen LogP contribution in [0, 0.1) is 18.8 Å². The number of hydrogen-bond donors (Lipinski definition) is 0. The van der Waals surface area contributed by atoms with E-state index in [0.717, 1.165) is 48.8 Å². The maximum Gasteiger partial charge on any atom is 0.211 e. The molecule has 7 heteroatoms. The fourth-order valence-corrected chi connectivity index (χ4v) is 5.91. The first-order valence-electron chi connectivity index (χ1n) is 9.98. The Morgan fingerprint density at radius 1 is 1.11 bits per heavy atom. The highest BCUT2D eigenvalue weighted by Gasteiger charge is 2.50. The molecule has 2 aliphatic rings. The van der Waals surface area contributed by atoms with Gasteiger partial charge in [-0.1, -0.05) is 43.7 Å². The Bertz CT molecular complexity index is 948. The molecule has 1 aromatic heterocycles. The summed E-state index contributed by atoms with van der Waals surface area (Å²) in [7, 11) is -3.26. The molecule has 28 heavy (non-hydrogen) atoms. The van der Waals surface area contributed by atoms with Gasteiger partial charge in [0.2, 0.25) is 10.0 Å². The van der Waals surface area contributed by atoms with E-state index >= 15 is 0 Å². The number of hydrogen-bond acceptors (Lipinski definition) is 5. The van der Waals surface area contributed by atoms with E-state index in [4.69, 9.17) is 0 Å². The molecule has 0 radical (unpaired) electrons. The molecule has 4 rings (SSSR count). The quantitative estimate of drug-likeness (QED) is 0.772. The van der Waals surface area contributed by atoms with Crippen LogP contribution in [0.25, 0.3) is 0 Å². The first-order valence-corrected chi connectivity index (χ1v) is 11.8. The van der Waals surface area contributed by atoms with Crippen LogP contribution in [0.5, 0.6) is 0 Å². The zero-order valence-electron chi connectivity index (χ0n) is 16.7. The summed E-state index contributed by atoms with van der Waals surface area (Å²) in [6.07, 6.45) is 3.33. The number of fused-ring (bicyclic) bond motifs is 1. The number of benzene rings is 1. The van der Waals surface area contributed by atoms with Crippen LogP contribution in [0.2, 0.25) is 0 Å². The van der Waals surface area contributed by atoms with E-state index in [1.807, 2.05) is 37.3 Å². The maximum absolute atomic E-state index is 12.5. The van der Waals surface area contributed by atoms with Crippen molar-refractivity contribution >= 4 is 15.8 Å². The highest BCUT2D eigenvalue weighted by molar-refractivity contribution is 7.88. The van der Waals surface area contributed by atoms with Gasteiger partial charge in [-0.2, -0.15) is 4.31 Å². The van der Waals surface area contributed by atoms with E-state index in [2.05, 4.69) is 27.9 Å². The van der Waals surface area contributed by atoms with Crippen LogP contribution in [-0.4, -0.2) is 48.6 Å². The van der Waals surface area contributed by atoms with Crippen LogP contribution in [0.3, 0.4) is 0 Å². The van der Waals surface area contributed by atoms with Gasteiger partial charge in [0.25, 0.3) is 0 Å². The molecule has 3 heterocycles. The van der Waals surface area contributed by atoms with Crippen molar-refractivity contribution in [2.75, 3.05) is 30.8 Å². The molecule has 1 aromatic carbocycles. The fraction of sp³-hybridized carbons (Fsp3) is 0.524. The average Bonchev–Trinajstić information content (AvgIpc) is 3.20. The third-order valence-corrected chi connectivity index (χ3v) is 7.12. The monoisotopic (exact) mass is 400 g/mol. The Morgan fingerprint density at radius 2 is 1.86 bits per heavy atom. The molecular formula is C21H28N4O2S. The van der Waals surface area contributed by atoms with E-state index < -0.39 is 10.0 Å². The number of rotatable bonds is 5. The van der Waals surface area contributed by atoms with Crippen molar-refractivity contribution in [2.45, 2.75) is 32.7 Å². The van der Waals surface area contributed by atoms with Gasteiger partial charge in [-0.15, -0.1) is 0 Å². The van der Waals surface area contributed by atoms with Gasteiger partial charge in [-0.05, 0) is 24.8 Å². The van der Waals surface area contributed by atoms with Crippen molar-refractivity contribution in [3.8, 4) is 0 Å². The molecule has 0 spiro atoms. The SMILES string of the molecule is CCCc1cc(N2C[C@@H]3CN(S(C)(=O)=O)[C@@H](c4ccccc4)[C@@H]3C2)nc(C)n1. The first-order chi connectivity index (χ1) is 13.4. The standard InChI is InChI=1S/C21H28N4O2S/c1-4-8-18-11-20(23-15(2)22-18)24-12-17-13-25(28(3,26)27)21(19(17)14-24)16-9-6-5-7-10-16/h5-7,9-11,17,19,21H,4,8,12-14H2,1-3H3/t17-,19-,21+/m1/s1. The molecule has 2 aliphatic heterocycles. The molecule has 0 aliphatic carbocycles. The summed E-state index contributed by atoms with van der Waals surface area (Å²) in [4.78, 5) is 11.5. The molecular weight excluding hydrogens is 372 g/mol. The van der Waals surface area contributed by atoms with Crippen LogP contribution in [0.1, 0.15) is 36.5 Å². The first kappa shape index (κ1) is 19.3. The topological polar surface area (TPSA) is 66.4 Å². The minimum Gasteiger partial charge on any atom is -0.356 e. The summed E-state index contributed by atoms with van der Waals surface area (Å²) < 4.78 is 26.6. The highest BCUT2D eigenvalue weighted by Crippen LogP contribution is 2.46. The Morgan fingerprint density at radius 3 is 2.54 bits per heavy atom. The van der Waals surface area contributed by atoms with Gasteiger partial charge in [0.15, 0.2) is 0 Å². The van der Waals surface area contributed by atoms with E-state index in [1.54, 1.807) is 4.31 Å². The summed E-state index contributed by atoms with van der Waals surface area (Å²) in [6, 6.07) is 12.0. The van der Waals surface area contributed by atoms with Gasteiger partial charge in [-0.3, -0.25) is 0 Å². The lowest BCUT2D eigenvalue weighted by atomic mass is 9.90. The zero-order valence-corrected chi connectivity index (χ0v) is 17.6. The average molecular weight is 401 g/mol. The fourth-order valence-electron chi connectivity index (χ4n) is 4.76. The van der Waals surface area contributed by atoms with Gasteiger partial charge in [-0.25, -0.2) is 18.4 Å². The molecule has 2 fully saturated rings. The second-order valence-corrected chi connectivity index (χ2v) is 9.97. The Labute approximate surface area is 167 Å². The van der Waals surface area contributed by atoms with Crippen LogP contribution >= 0.6 is 0 Å². The van der Waals surface area contributed by atoms with Crippen LogP contribution in [-0.2, 0) is 16.4 Å². The number of anilines is 1. The van der Waals surface area contributed by atoms with Gasteiger partial charge in [0, 0.05) is 37.3 Å². The summed E-state index contributed by atoms with van der Waals surface area (Å²) in [5, 5.41) is 0. The smallest absolute Gasteiger partial charge is 0.211 e. The maximum atomic E-state index is 12.5. The van der Waals surface area contributed by atoms with E-state index in [-0.39, 0.29) is 12.0 Å². The van der Waals surface area contributed by atoms with Gasteiger partial charge in [0.1, 0.15) is 11.6 Å². The van der Waals surface area contributed by atoms with Gasteiger partial charge < -0.3 is 4.90 Å². The second kappa shape index (κ2) is 7.44. The highest BCUT2D eigenvalue weighted by atomic mass is 32.2. The van der Waals surface area contributed by atoms with Crippen molar-refractivity contribution < 1.29 is 8.42 Å². The molecule has 0 unspecified atom stereocenters. The van der Waals surface area contributed by atoms with E-state index in [1.165, 1.54) is 6.26 Å². The lowest BCUT2D eigenvalue weighted by Gasteiger charge is -2.28. The summed E-state index contributed by atoms with van der Waals surface area (Å²) >= 11 is 0. The molecule has 6 nitrogen and oxygen atoms in total. The third-order valence-electron chi connectivity index (χ3n) is 5.90. The molecule has 0 N–H and O–H groups in total. The Hall–Kier alpha value is -1.99. The Balaban J connectivity index is 1.64.